The Morgan fingerprint density at radius 3 is 2.16 bits per heavy atom. The maximum absolute atomic E-state index is 5.49. The zero-order valence-electron chi connectivity index (χ0n) is 10.7. The Bertz CT molecular complexity index is 562. The van der Waals surface area contributed by atoms with Gasteiger partial charge < -0.3 is 0 Å². The molecular weight excluding hydrogens is 270 g/mol. The summed E-state index contributed by atoms with van der Waals surface area (Å²) in [6.45, 7) is 2.10. The van der Waals surface area contributed by atoms with E-state index in [0.29, 0.717) is 0 Å². The molecule has 96 valence electrons. The van der Waals surface area contributed by atoms with Gasteiger partial charge in [-0.25, -0.2) is 4.99 Å². The molecule has 0 fully saturated rings. The SMILES string of the molecule is CCSC(=S)C(=Nc1ccccc1)c1ccccc1. The molecule has 0 N–H and O–H groups in total. The fourth-order valence-corrected chi connectivity index (χ4v) is 2.73. The summed E-state index contributed by atoms with van der Waals surface area (Å²) in [7, 11) is 0. The maximum atomic E-state index is 5.49. The number of benzene rings is 2. The first kappa shape index (κ1) is 14.0. The smallest absolute Gasteiger partial charge is 0.0969 e. The van der Waals surface area contributed by atoms with Gasteiger partial charge in [-0.2, -0.15) is 0 Å². The average Bonchev–Trinajstić information content (AvgIpc) is 2.47. The van der Waals surface area contributed by atoms with E-state index >= 15 is 0 Å². The molecule has 2 aromatic carbocycles. The standard InChI is InChI=1S/C16H15NS2/c1-2-19-16(18)15(13-9-5-3-6-10-13)17-14-11-7-4-8-12-14/h3-12H,2H2,1H3. The van der Waals surface area contributed by atoms with Gasteiger partial charge in [0.2, 0.25) is 0 Å². The van der Waals surface area contributed by atoms with Crippen molar-refractivity contribution < 1.29 is 0 Å². The predicted molar refractivity (Wildman–Crippen MR) is 89.8 cm³/mol. The van der Waals surface area contributed by atoms with Crippen LogP contribution in [0.25, 0.3) is 0 Å². The van der Waals surface area contributed by atoms with Gasteiger partial charge in [0.05, 0.1) is 15.6 Å². The summed E-state index contributed by atoms with van der Waals surface area (Å²) < 4.78 is 0.845. The third-order valence-electron chi connectivity index (χ3n) is 2.51. The van der Waals surface area contributed by atoms with Gasteiger partial charge in [-0.05, 0) is 17.9 Å². The van der Waals surface area contributed by atoms with Crippen molar-refractivity contribution in [2.24, 2.45) is 4.99 Å². The number of hydrogen-bond donors (Lipinski definition) is 0. The highest BCUT2D eigenvalue weighted by atomic mass is 32.2. The summed E-state index contributed by atoms with van der Waals surface area (Å²) in [5.41, 5.74) is 2.88. The van der Waals surface area contributed by atoms with Gasteiger partial charge in [0, 0.05) is 5.56 Å². The molecule has 3 heteroatoms. The molecule has 0 aliphatic heterocycles. The van der Waals surface area contributed by atoms with E-state index in [9.17, 15) is 0 Å². The number of aliphatic imine (C=N–C) groups is 1. The lowest BCUT2D eigenvalue weighted by atomic mass is 10.1. The molecule has 0 aliphatic rings. The summed E-state index contributed by atoms with van der Waals surface area (Å²) in [5, 5.41) is 0. The molecule has 0 aliphatic carbocycles. The molecule has 2 aromatic rings. The van der Waals surface area contributed by atoms with Crippen LogP contribution >= 0.6 is 24.0 Å². The Morgan fingerprint density at radius 2 is 1.58 bits per heavy atom. The van der Waals surface area contributed by atoms with Crippen LogP contribution in [-0.4, -0.2) is 15.7 Å². The van der Waals surface area contributed by atoms with Crippen molar-refractivity contribution in [3.63, 3.8) is 0 Å². The number of para-hydroxylation sites is 1. The lowest BCUT2D eigenvalue weighted by Gasteiger charge is -2.07. The van der Waals surface area contributed by atoms with E-state index in [4.69, 9.17) is 17.2 Å². The third-order valence-corrected chi connectivity index (χ3v) is 3.80. The molecule has 19 heavy (non-hydrogen) atoms. The topological polar surface area (TPSA) is 12.4 Å². The molecule has 0 atom stereocenters. The molecule has 1 nitrogen and oxygen atoms in total. The van der Waals surface area contributed by atoms with Gasteiger partial charge in [-0.1, -0.05) is 67.7 Å². The molecule has 0 unspecified atom stereocenters. The normalized spacial score (nSPS) is 11.3. The Labute approximate surface area is 123 Å². The number of rotatable bonds is 4. The van der Waals surface area contributed by atoms with Crippen LogP contribution in [0.15, 0.2) is 65.7 Å². The van der Waals surface area contributed by atoms with Gasteiger partial charge in [0.1, 0.15) is 0 Å². The van der Waals surface area contributed by atoms with Crippen LogP contribution < -0.4 is 0 Å². The first-order valence-electron chi connectivity index (χ1n) is 6.17. The Morgan fingerprint density at radius 1 is 1.00 bits per heavy atom. The number of thioether (sulfide) groups is 1. The van der Waals surface area contributed by atoms with Crippen molar-refractivity contribution in [2.45, 2.75) is 6.92 Å². The minimum atomic E-state index is 0.845. The monoisotopic (exact) mass is 285 g/mol. The highest BCUT2D eigenvalue weighted by Gasteiger charge is 2.09. The van der Waals surface area contributed by atoms with Crippen molar-refractivity contribution in [1.29, 1.82) is 0 Å². The van der Waals surface area contributed by atoms with Gasteiger partial charge >= 0.3 is 0 Å². The van der Waals surface area contributed by atoms with Crippen LogP contribution in [-0.2, 0) is 0 Å². The Balaban J connectivity index is 2.41. The molecule has 0 bridgehead atoms. The van der Waals surface area contributed by atoms with Crippen molar-refractivity contribution in [3.05, 3.63) is 66.2 Å². The zero-order valence-corrected chi connectivity index (χ0v) is 12.4. The van der Waals surface area contributed by atoms with E-state index in [0.717, 1.165) is 26.9 Å². The molecule has 0 aromatic heterocycles. The second kappa shape index (κ2) is 7.22. The summed E-state index contributed by atoms with van der Waals surface area (Å²) >= 11 is 7.14. The van der Waals surface area contributed by atoms with E-state index in [2.05, 4.69) is 6.92 Å². The van der Waals surface area contributed by atoms with Crippen molar-refractivity contribution in [1.82, 2.24) is 0 Å². The largest absolute Gasteiger partial charge is 0.246 e. The summed E-state index contributed by atoms with van der Waals surface area (Å²) in [5.74, 6) is 0.958. The second-order valence-electron chi connectivity index (χ2n) is 3.88. The lowest BCUT2D eigenvalue weighted by Crippen LogP contribution is -2.10. The molecule has 0 amide bonds. The van der Waals surface area contributed by atoms with Crippen molar-refractivity contribution in [2.75, 3.05) is 5.75 Å². The number of hydrogen-bond acceptors (Lipinski definition) is 3. The van der Waals surface area contributed by atoms with E-state index in [-0.39, 0.29) is 0 Å². The van der Waals surface area contributed by atoms with E-state index in [1.807, 2.05) is 60.7 Å². The summed E-state index contributed by atoms with van der Waals surface area (Å²) in [6, 6.07) is 20.0. The fourth-order valence-electron chi connectivity index (χ4n) is 1.66. The van der Waals surface area contributed by atoms with Crippen molar-refractivity contribution >= 4 is 39.6 Å². The fraction of sp³-hybridized carbons (Fsp3) is 0.125. The molecule has 0 heterocycles. The van der Waals surface area contributed by atoms with Crippen LogP contribution in [0.3, 0.4) is 0 Å². The molecule has 0 spiro atoms. The average molecular weight is 285 g/mol. The molecule has 0 radical (unpaired) electrons. The molecular formula is C16H15NS2. The molecule has 0 saturated carbocycles. The van der Waals surface area contributed by atoms with Gasteiger partial charge in [0.25, 0.3) is 0 Å². The summed E-state index contributed by atoms with van der Waals surface area (Å²) in [4.78, 5) is 4.70. The van der Waals surface area contributed by atoms with E-state index in [1.54, 1.807) is 11.8 Å². The number of thiocarbonyl (C=S) groups is 1. The van der Waals surface area contributed by atoms with Crippen LogP contribution in [0.4, 0.5) is 5.69 Å². The highest BCUT2D eigenvalue weighted by molar-refractivity contribution is 8.25. The Hall–Kier alpha value is -1.45. The van der Waals surface area contributed by atoms with Crippen LogP contribution in [0, 0.1) is 0 Å². The minimum Gasteiger partial charge on any atom is -0.246 e. The van der Waals surface area contributed by atoms with Gasteiger partial charge in [0.15, 0.2) is 0 Å². The lowest BCUT2D eigenvalue weighted by molar-refractivity contribution is 1.51. The molecule has 0 saturated heterocycles. The van der Waals surface area contributed by atoms with Crippen LogP contribution in [0.2, 0.25) is 0 Å². The van der Waals surface area contributed by atoms with E-state index in [1.165, 1.54) is 0 Å². The van der Waals surface area contributed by atoms with Gasteiger partial charge in [-0.3, -0.25) is 0 Å². The zero-order chi connectivity index (χ0) is 13.5. The van der Waals surface area contributed by atoms with Crippen LogP contribution in [0.5, 0.6) is 0 Å². The van der Waals surface area contributed by atoms with Crippen LogP contribution in [0.1, 0.15) is 12.5 Å². The summed E-state index contributed by atoms with van der Waals surface area (Å²) in [6.07, 6.45) is 0. The third kappa shape index (κ3) is 4.01. The van der Waals surface area contributed by atoms with Crippen molar-refractivity contribution in [3.8, 4) is 0 Å². The maximum Gasteiger partial charge on any atom is 0.0969 e. The second-order valence-corrected chi connectivity index (χ2v) is 5.82. The Kier molecular flexibility index (Phi) is 5.31. The molecule has 2 rings (SSSR count). The first-order chi connectivity index (χ1) is 9.31. The number of nitrogens with zero attached hydrogens (tertiary/aromatic N) is 1. The predicted octanol–water partition coefficient (Wildman–Crippen LogP) is 4.89. The quantitative estimate of drug-likeness (QED) is 0.586. The minimum absolute atomic E-state index is 0.845. The van der Waals surface area contributed by atoms with E-state index < -0.39 is 0 Å². The van der Waals surface area contributed by atoms with Gasteiger partial charge in [-0.15, -0.1) is 11.8 Å². The highest BCUT2D eigenvalue weighted by Crippen LogP contribution is 2.18. The first-order valence-corrected chi connectivity index (χ1v) is 7.57.